The average Bonchev–Trinajstić information content (AvgIpc) is 3.05. The van der Waals surface area contributed by atoms with E-state index < -0.39 is 5.60 Å². The normalized spacial score (nSPS) is 44.8. The van der Waals surface area contributed by atoms with E-state index in [0.29, 0.717) is 23.3 Å². The van der Waals surface area contributed by atoms with Gasteiger partial charge in [0.2, 0.25) is 0 Å². The van der Waals surface area contributed by atoms with Crippen molar-refractivity contribution in [3.63, 3.8) is 0 Å². The molecule has 0 radical (unpaired) electrons. The quantitative estimate of drug-likeness (QED) is 0.687. The van der Waals surface area contributed by atoms with Crippen LogP contribution < -0.4 is 10.9 Å². The Balaban J connectivity index is 1.33. The van der Waals surface area contributed by atoms with Crippen molar-refractivity contribution in [2.75, 3.05) is 27.2 Å². The topological polar surface area (TPSA) is 65.7 Å². The van der Waals surface area contributed by atoms with Crippen LogP contribution >= 0.6 is 0 Å². The molecule has 5 unspecified atom stereocenters. The molecule has 5 nitrogen and oxygen atoms in total. The lowest BCUT2D eigenvalue weighted by molar-refractivity contribution is -0.202. The summed E-state index contributed by atoms with van der Waals surface area (Å²) in [5.74, 6) is 2.08. The second kappa shape index (κ2) is 8.49. The maximum Gasteiger partial charge on any atom is 0.335 e. The van der Waals surface area contributed by atoms with Gasteiger partial charge in [0.15, 0.2) is 0 Å². The van der Waals surface area contributed by atoms with Crippen molar-refractivity contribution >= 4 is 0 Å². The van der Waals surface area contributed by atoms with Crippen molar-refractivity contribution in [1.82, 2.24) is 10.2 Å². The van der Waals surface area contributed by atoms with E-state index in [0.717, 1.165) is 50.3 Å². The minimum absolute atomic E-state index is 0.137. The zero-order chi connectivity index (χ0) is 23.4. The summed E-state index contributed by atoms with van der Waals surface area (Å²) in [7, 11) is 4.29. The number of likely N-dealkylation sites (N-methyl/N-ethyl adjacent to an activating group) is 1. The highest BCUT2D eigenvalue weighted by Gasteiger charge is 2.67. The Morgan fingerprint density at radius 2 is 1.88 bits per heavy atom. The van der Waals surface area contributed by atoms with E-state index in [2.05, 4.69) is 38.2 Å². The molecular formula is C28H44N2O3. The van der Waals surface area contributed by atoms with Gasteiger partial charge in [-0.2, -0.15) is 0 Å². The summed E-state index contributed by atoms with van der Waals surface area (Å²) in [6.07, 6.45) is 12.1. The second-order valence-corrected chi connectivity index (χ2v) is 12.6. The van der Waals surface area contributed by atoms with E-state index in [4.69, 9.17) is 4.42 Å². The molecule has 4 aliphatic rings. The van der Waals surface area contributed by atoms with Gasteiger partial charge >= 0.3 is 5.63 Å². The third-order valence-corrected chi connectivity index (χ3v) is 11.0. The third kappa shape index (κ3) is 3.73. The Bertz CT molecular complexity index is 894. The van der Waals surface area contributed by atoms with Gasteiger partial charge < -0.3 is 19.7 Å². The minimum Gasteiger partial charge on any atom is -0.431 e. The minimum atomic E-state index is -0.606. The summed E-state index contributed by atoms with van der Waals surface area (Å²) < 4.78 is 5.23. The molecule has 4 saturated carbocycles. The Morgan fingerprint density at radius 1 is 1.06 bits per heavy atom. The largest absolute Gasteiger partial charge is 0.431 e. The fourth-order valence-corrected chi connectivity index (χ4v) is 9.00. The fraction of sp³-hybridized carbons (Fsp3) is 0.821. The molecule has 1 heterocycles. The zero-order valence-corrected chi connectivity index (χ0v) is 21.1. The fourth-order valence-electron chi connectivity index (χ4n) is 9.00. The Hall–Kier alpha value is -1.17. The van der Waals surface area contributed by atoms with Crippen LogP contribution in [-0.4, -0.2) is 48.8 Å². The molecule has 184 valence electrons. The van der Waals surface area contributed by atoms with Gasteiger partial charge in [-0.1, -0.05) is 13.8 Å². The first-order chi connectivity index (χ1) is 15.7. The van der Waals surface area contributed by atoms with Gasteiger partial charge in [0.05, 0.1) is 11.9 Å². The standard InChI is InChI=1S/C28H44N2O3/c1-26-12-9-21(29-15-16-30(3)4)17-20(26)6-7-24-23(26)10-13-27(2)22(11-14-28(24,27)32)19-5-8-25(31)33-18-19/h5,8,18,20-24,29,32H,6-7,9-17H2,1-4H3/t20?,21?,22-,23?,24?,26?,27-,28+/m1/s1. The van der Waals surface area contributed by atoms with Gasteiger partial charge in [0.1, 0.15) is 0 Å². The monoisotopic (exact) mass is 456 g/mol. The van der Waals surface area contributed by atoms with E-state index in [1.54, 1.807) is 12.3 Å². The van der Waals surface area contributed by atoms with Crippen LogP contribution in [-0.2, 0) is 0 Å². The summed E-state index contributed by atoms with van der Waals surface area (Å²) >= 11 is 0. The van der Waals surface area contributed by atoms with Crippen molar-refractivity contribution in [3.05, 3.63) is 34.4 Å². The first-order valence-electron chi connectivity index (χ1n) is 13.4. The van der Waals surface area contributed by atoms with Gasteiger partial charge in [-0.15, -0.1) is 0 Å². The first kappa shape index (κ1) is 23.6. The van der Waals surface area contributed by atoms with E-state index in [1.807, 2.05) is 6.07 Å². The summed E-state index contributed by atoms with van der Waals surface area (Å²) in [6, 6.07) is 4.13. The Kier molecular flexibility index (Phi) is 6.07. The molecule has 0 aliphatic heterocycles. The van der Waals surface area contributed by atoms with Crippen LogP contribution in [0.1, 0.15) is 83.1 Å². The predicted octanol–water partition coefficient (Wildman–Crippen LogP) is 4.40. The number of aliphatic hydroxyl groups is 1. The van der Waals surface area contributed by atoms with Crippen LogP contribution in [0.5, 0.6) is 0 Å². The molecule has 4 aliphatic carbocycles. The third-order valence-electron chi connectivity index (χ3n) is 11.0. The molecule has 8 atom stereocenters. The number of hydrogen-bond acceptors (Lipinski definition) is 5. The van der Waals surface area contributed by atoms with E-state index in [1.165, 1.54) is 32.1 Å². The number of nitrogens with one attached hydrogen (secondary N) is 1. The average molecular weight is 457 g/mol. The lowest BCUT2D eigenvalue weighted by Crippen LogP contribution is -2.62. The molecule has 0 saturated heterocycles. The van der Waals surface area contributed by atoms with Gasteiger partial charge in [0, 0.05) is 30.6 Å². The second-order valence-electron chi connectivity index (χ2n) is 12.6. The van der Waals surface area contributed by atoms with E-state index in [9.17, 15) is 9.90 Å². The van der Waals surface area contributed by atoms with Crippen molar-refractivity contribution < 1.29 is 9.52 Å². The van der Waals surface area contributed by atoms with Crippen molar-refractivity contribution in [3.8, 4) is 0 Å². The summed E-state index contributed by atoms with van der Waals surface area (Å²) in [6.45, 7) is 7.06. The molecule has 2 N–H and O–H groups in total. The van der Waals surface area contributed by atoms with Gasteiger partial charge in [-0.3, -0.25) is 0 Å². The summed E-state index contributed by atoms with van der Waals surface area (Å²) in [5, 5.41) is 16.2. The lowest BCUT2D eigenvalue weighted by atomic mass is 9.43. The molecule has 4 fully saturated rings. The molecule has 0 amide bonds. The van der Waals surface area contributed by atoms with Crippen LogP contribution in [0.15, 0.2) is 27.6 Å². The van der Waals surface area contributed by atoms with Crippen LogP contribution in [0.2, 0.25) is 0 Å². The Morgan fingerprint density at radius 3 is 2.61 bits per heavy atom. The molecule has 1 aromatic heterocycles. The van der Waals surface area contributed by atoms with Crippen molar-refractivity contribution in [2.24, 2.45) is 28.6 Å². The van der Waals surface area contributed by atoms with Crippen molar-refractivity contribution in [2.45, 2.75) is 89.2 Å². The smallest absolute Gasteiger partial charge is 0.335 e. The first-order valence-corrected chi connectivity index (χ1v) is 13.4. The van der Waals surface area contributed by atoms with Crippen LogP contribution in [0.3, 0.4) is 0 Å². The highest BCUT2D eigenvalue weighted by Crippen LogP contribution is 2.70. The molecule has 1 aromatic rings. The molecule has 33 heavy (non-hydrogen) atoms. The number of hydrogen-bond donors (Lipinski definition) is 2. The van der Waals surface area contributed by atoms with E-state index >= 15 is 0 Å². The SMILES string of the molecule is CN(C)CCNC1CCC2(C)C(CCC3C2CC[C@]2(C)[C@@H](c4ccc(=O)oc4)CC[C@]32O)C1. The molecular weight excluding hydrogens is 412 g/mol. The number of fused-ring (bicyclic) bond motifs is 5. The maximum absolute atomic E-state index is 12.4. The van der Waals surface area contributed by atoms with Crippen LogP contribution in [0, 0.1) is 28.6 Å². The number of rotatable bonds is 5. The molecule has 0 bridgehead atoms. The summed E-state index contributed by atoms with van der Waals surface area (Å²) in [5.41, 5.74) is 0.417. The van der Waals surface area contributed by atoms with Gasteiger partial charge in [0.25, 0.3) is 0 Å². The highest BCUT2D eigenvalue weighted by molar-refractivity contribution is 5.27. The molecule has 5 rings (SSSR count). The maximum atomic E-state index is 12.4. The molecule has 0 spiro atoms. The highest BCUT2D eigenvalue weighted by atomic mass is 16.4. The molecule has 5 heteroatoms. The summed E-state index contributed by atoms with van der Waals surface area (Å²) in [4.78, 5) is 13.8. The zero-order valence-electron chi connectivity index (χ0n) is 21.1. The number of nitrogens with zero attached hydrogens (tertiary/aromatic N) is 1. The van der Waals surface area contributed by atoms with Crippen LogP contribution in [0.4, 0.5) is 0 Å². The van der Waals surface area contributed by atoms with Crippen molar-refractivity contribution in [1.29, 1.82) is 0 Å². The van der Waals surface area contributed by atoms with Crippen LogP contribution in [0.25, 0.3) is 0 Å². The molecule has 0 aromatic carbocycles. The predicted molar refractivity (Wildman–Crippen MR) is 131 cm³/mol. The Labute approximate surface area is 199 Å². The van der Waals surface area contributed by atoms with E-state index in [-0.39, 0.29) is 17.0 Å². The van der Waals surface area contributed by atoms with Gasteiger partial charge in [-0.25, -0.2) is 4.79 Å². The lowest BCUT2D eigenvalue weighted by Gasteiger charge is -2.64. The van der Waals surface area contributed by atoms with Gasteiger partial charge in [-0.05, 0) is 113 Å².